The van der Waals surface area contributed by atoms with Crippen molar-refractivity contribution in [3.8, 4) is 0 Å². The number of aryl methyl sites for hydroxylation is 2. The number of rotatable bonds is 4. The molecule has 0 saturated heterocycles. The van der Waals surface area contributed by atoms with E-state index >= 15 is 0 Å². The van der Waals surface area contributed by atoms with Gasteiger partial charge < -0.3 is 9.73 Å². The zero-order valence-electron chi connectivity index (χ0n) is 10.5. The average molecular weight is 288 g/mol. The second-order valence-electron chi connectivity index (χ2n) is 4.17. The highest BCUT2D eigenvalue weighted by atomic mass is 35.5. The average Bonchev–Trinajstić information content (AvgIpc) is 2.84. The molecule has 0 aliphatic carbocycles. The summed E-state index contributed by atoms with van der Waals surface area (Å²) in [6.45, 7) is 1.95. The van der Waals surface area contributed by atoms with Gasteiger partial charge >= 0.3 is 0 Å². The van der Waals surface area contributed by atoms with E-state index < -0.39 is 0 Å². The second kappa shape index (κ2) is 5.34. The van der Waals surface area contributed by atoms with E-state index in [1.807, 2.05) is 27.1 Å². The van der Waals surface area contributed by atoms with Gasteiger partial charge in [-0.3, -0.25) is 4.68 Å². The molecular weight excluding hydrogens is 273 g/mol. The highest BCUT2D eigenvalue weighted by Crippen LogP contribution is 2.29. The standard InChI is InChI=1S/C12H15Cl2N3O/c1-7-9(11(13)17(3)16-7)6-10(15-2)8-4-5-18-12(8)14/h4-5,10,15H,6H2,1-3H3. The van der Waals surface area contributed by atoms with Crippen LogP contribution in [0, 0.1) is 6.92 Å². The van der Waals surface area contributed by atoms with E-state index in [-0.39, 0.29) is 6.04 Å². The maximum Gasteiger partial charge on any atom is 0.197 e. The number of hydrogen-bond acceptors (Lipinski definition) is 3. The van der Waals surface area contributed by atoms with Crippen molar-refractivity contribution in [1.29, 1.82) is 0 Å². The van der Waals surface area contributed by atoms with Crippen molar-refractivity contribution < 1.29 is 4.42 Å². The Labute approximate surface area is 116 Å². The summed E-state index contributed by atoms with van der Waals surface area (Å²) >= 11 is 12.2. The Morgan fingerprint density at radius 2 is 2.22 bits per heavy atom. The largest absolute Gasteiger partial charge is 0.453 e. The zero-order chi connectivity index (χ0) is 13.3. The number of hydrogen-bond donors (Lipinski definition) is 1. The van der Waals surface area contributed by atoms with Crippen LogP contribution in [0.1, 0.15) is 22.9 Å². The summed E-state index contributed by atoms with van der Waals surface area (Å²) in [5.74, 6) is 0. The van der Waals surface area contributed by atoms with Crippen LogP contribution in [0.5, 0.6) is 0 Å². The van der Waals surface area contributed by atoms with Crippen LogP contribution in [-0.2, 0) is 13.5 Å². The summed E-state index contributed by atoms with van der Waals surface area (Å²) in [4.78, 5) is 0. The summed E-state index contributed by atoms with van der Waals surface area (Å²) in [5.41, 5.74) is 2.89. The molecular formula is C12H15Cl2N3O. The minimum absolute atomic E-state index is 0.0525. The van der Waals surface area contributed by atoms with Crippen molar-refractivity contribution in [3.05, 3.63) is 39.5 Å². The van der Waals surface area contributed by atoms with Crippen molar-refractivity contribution in [2.45, 2.75) is 19.4 Å². The third-order valence-corrected chi connectivity index (χ3v) is 3.83. The van der Waals surface area contributed by atoms with Crippen LogP contribution in [0.4, 0.5) is 0 Å². The fourth-order valence-electron chi connectivity index (χ4n) is 2.03. The van der Waals surface area contributed by atoms with Gasteiger partial charge in [0.25, 0.3) is 0 Å². The van der Waals surface area contributed by atoms with Crippen LogP contribution in [0.25, 0.3) is 0 Å². The third kappa shape index (κ3) is 2.41. The molecule has 1 N–H and O–H groups in total. The molecule has 2 heterocycles. The summed E-state index contributed by atoms with van der Waals surface area (Å²) in [7, 11) is 3.71. The molecule has 2 aromatic heterocycles. The van der Waals surface area contributed by atoms with Gasteiger partial charge in [0.1, 0.15) is 5.15 Å². The lowest BCUT2D eigenvalue weighted by Crippen LogP contribution is -2.19. The van der Waals surface area contributed by atoms with Gasteiger partial charge in [-0.05, 0) is 38.1 Å². The van der Waals surface area contributed by atoms with Gasteiger partial charge in [-0.1, -0.05) is 11.6 Å². The predicted octanol–water partition coefficient (Wildman–Crippen LogP) is 3.13. The first-order valence-electron chi connectivity index (χ1n) is 5.62. The van der Waals surface area contributed by atoms with Crippen LogP contribution in [0.3, 0.4) is 0 Å². The summed E-state index contributed by atoms with van der Waals surface area (Å²) < 4.78 is 6.80. The lowest BCUT2D eigenvalue weighted by Gasteiger charge is -2.14. The molecule has 0 aromatic carbocycles. The second-order valence-corrected chi connectivity index (χ2v) is 4.87. The Kier molecular flexibility index (Phi) is 4.00. The lowest BCUT2D eigenvalue weighted by atomic mass is 10.0. The van der Waals surface area contributed by atoms with Crippen molar-refractivity contribution in [2.24, 2.45) is 7.05 Å². The molecule has 0 aliphatic heterocycles. The Bertz CT molecular complexity index is 548. The number of likely N-dealkylation sites (N-methyl/N-ethyl adjacent to an activating group) is 1. The van der Waals surface area contributed by atoms with Gasteiger partial charge in [-0.15, -0.1) is 0 Å². The molecule has 0 aliphatic rings. The Hall–Kier alpha value is -0.970. The lowest BCUT2D eigenvalue weighted by molar-refractivity contribution is 0.544. The molecule has 0 fully saturated rings. The van der Waals surface area contributed by atoms with Gasteiger partial charge in [-0.2, -0.15) is 5.10 Å². The summed E-state index contributed by atoms with van der Waals surface area (Å²) in [5, 5.41) is 8.59. The quantitative estimate of drug-likeness (QED) is 0.940. The molecule has 2 rings (SSSR count). The van der Waals surface area contributed by atoms with E-state index in [0.717, 1.165) is 16.8 Å². The highest BCUT2D eigenvalue weighted by molar-refractivity contribution is 6.30. The molecule has 0 amide bonds. The van der Waals surface area contributed by atoms with E-state index in [4.69, 9.17) is 27.6 Å². The molecule has 1 unspecified atom stereocenters. The smallest absolute Gasteiger partial charge is 0.197 e. The number of halogens is 2. The van der Waals surface area contributed by atoms with E-state index in [1.54, 1.807) is 10.9 Å². The molecule has 4 nitrogen and oxygen atoms in total. The first kappa shape index (κ1) is 13.5. The predicted molar refractivity (Wildman–Crippen MR) is 72.2 cm³/mol. The van der Waals surface area contributed by atoms with Gasteiger partial charge in [0.15, 0.2) is 5.22 Å². The van der Waals surface area contributed by atoms with Crippen LogP contribution in [-0.4, -0.2) is 16.8 Å². The molecule has 1 atom stereocenters. The summed E-state index contributed by atoms with van der Waals surface area (Å²) in [6.07, 6.45) is 2.30. The fraction of sp³-hybridized carbons (Fsp3) is 0.417. The third-order valence-electron chi connectivity index (χ3n) is 3.05. The first-order valence-corrected chi connectivity index (χ1v) is 6.38. The highest BCUT2D eigenvalue weighted by Gasteiger charge is 2.20. The van der Waals surface area contributed by atoms with E-state index in [9.17, 15) is 0 Å². The van der Waals surface area contributed by atoms with Gasteiger partial charge in [0, 0.05) is 24.2 Å². The van der Waals surface area contributed by atoms with Gasteiger partial charge in [0.05, 0.1) is 12.0 Å². The van der Waals surface area contributed by atoms with Crippen molar-refractivity contribution in [3.63, 3.8) is 0 Å². The molecule has 18 heavy (non-hydrogen) atoms. The zero-order valence-corrected chi connectivity index (χ0v) is 12.0. The normalized spacial score (nSPS) is 12.9. The maximum absolute atomic E-state index is 6.23. The van der Waals surface area contributed by atoms with Crippen molar-refractivity contribution >= 4 is 23.2 Å². The number of furan rings is 1. The minimum Gasteiger partial charge on any atom is -0.453 e. The van der Waals surface area contributed by atoms with Gasteiger partial charge in [0.2, 0.25) is 0 Å². The number of nitrogens with zero attached hydrogens (tertiary/aromatic N) is 2. The van der Waals surface area contributed by atoms with Crippen LogP contribution in [0.15, 0.2) is 16.7 Å². The van der Waals surface area contributed by atoms with E-state index in [0.29, 0.717) is 16.8 Å². The summed E-state index contributed by atoms with van der Waals surface area (Å²) in [6, 6.07) is 1.92. The van der Waals surface area contributed by atoms with E-state index in [2.05, 4.69) is 10.4 Å². The number of nitrogens with one attached hydrogen (secondary N) is 1. The van der Waals surface area contributed by atoms with Crippen LogP contribution < -0.4 is 5.32 Å². The van der Waals surface area contributed by atoms with Crippen molar-refractivity contribution in [1.82, 2.24) is 15.1 Å². The molecule has 0 bridgehead atoms. The molecule has 2 aromatic rings. The van der Waals surface area contributed by atoms with E-state index in [1.165, 1.54) is 0 Å². The van der Waals surface area contributed by atoms with Crippen LogP contribution in [0.2, 0.25) is 10.4 Å². The monoisotopic (exact) mass is 287 g/mol. The Balaban J connectivity index is 2.29. The topological polar surface area (TPSA) is 43.0 Å². The Morgan fingerprint density at radius 1 is 1.50 bits per heavy atom. The molecule has 98 valence electrons. The molecule has 6 heteroatoms. The van der Waals surface area contributed by atoms with Crippen LogP contribution >= 0.6 is 23.2 Å². The first-order chi connectivity index (χ1) is 8.54. The molecule has 0 radical (unpaired) electrons. The molecule has 0 saturated carbocycles. The number of aromatic nitrogens is 2. The minimum atomic E-state index is 0.0525. The SMILES string of the molecule is CNC(Cc1c(C)nn(C)c1Cl)c1ccoc1Cl. The fourth-order valence-corrected chi connectivity index (χ4v) is 2.53. The maximum atomic E-state index is 6.23. The van der Waals surface area contributed by atoms with Crippen molar-refractivity contribution in [2.75, 3.05) is 7.05 Å². The Morgan fingerprint density at radius 3 is 2.67 bits per heavy atom. The van der Waals surface area contributed by atoms with Gasteiger partial charge in [-0.25, -0.2) is 0 Å². The molecule has 0 spiro atoms.